The number of carbonyl (C=O) groups is 3. The standard InChI is InChI=1S/C14H15NO5/c1-20-13(18)7-10-6-9-4-2-3-5-11(9)15(14(10)19)8-12(16)17/h2-5,10H,6-8H2,1H3,(H,16,17). The largest absolute Gasteiger partial charge is 0.480 e. The molecule has 6 heteroatoms. The number of anilines is 1. The van der Waals surface area contributed by atoms with Crippen molar-refractivity contribution < 1.29 is 24.2 Å². The van der Waals surface area contributed by atoms with Crippen molar-refractivity contribution in [2.24, 2.45) is 5.92 Å². The van der Waals surface area contributed by atoms with Gasteiger partial charge in [-0.2, -0.15) is 0 Å². The summed E-state index contributed by atoms with van der Waals surface area (Å²) in [4.78, 5) is 35.8. The van der Waals surface area contributed by atoms with Gasteiger partial charge in [0, 0.05) is 5.69 Å². The molecule has 0 spiro atoms. The molecule has 2 rings (SSSR count). The van der Waals surface area contributed by atoms with E-state index in [4.69, 9.17) is 5.11 Å². The van der Waals surface area contributed by atoms with E-state index in [9.17, 15) is 14.4 Å². The van der Waals surface area contributed by atoms with Crippen LogP contribution < -0.4 is 4.90 Å². The van der Waals surface area contributed by atoms with E-state index in [1.54, 1.807) is 12.1 Å². The molecule has 1 aromatic carbocycles. The molecule has 1 atom stereocenters. The lowest BCUT2D eigenvalue weighted by molar-refractivity contribution is -0.144. The van der Waals surface area contributed by atoms with Gasteiger partial charge < -0.3 is 14.7 Å². The topological polar surface area (TPSA) is 83.9 Å². The van der Waals surface area contributed by atoms with Crippen LogP contribution >= 0.6 is 0 Å². The number of ether oxygens (including phenoxy) is 1. The van der Waals surface area contributed by atoms with Gasteiger partial charge >= 0.3 is 11.9 Å². The Morgan fingerprint density at radius 1 is 1.40 bits per heavy atom. The zero-order valence-electron chi connectivity index (χ0n) is 11.0. The second kappa shape index (κ2) is 5.73. The normalized spacial score (nSPS) is 17.6. The fourth-order valence-corrected chi connectivity index (χ4v) is 2.38. The first-order valence-corrected chi connectivity index (χ1v) is 6.20. The predicted molar refractivity (Wildman–Crippen MR) is 70.3 cm³/mol. The molecule has 0 aliphatic carbocycles. The number of fused-ring (bicyclic) bond motifs is 1. The van der Waals surface area contributed by atoms with Gasteiger partial charge in [-0.25, -0.2) is 0 Å². The lowest BCUT2D eigenvalue weighted by atomic mass is 9.89. The fourth-order valence-electron chi connectivity index (χ4n) is 2.38. The summed E-state index contributed by atoms with van der Waals surface area (Å²) in [5.74, 6) is -2.49. The highest BCUT2D eigenvalue weighted by atomic mass is 16.5. The van der Waals surface area contributed by atoms with Crippen molar-refractivity contribution >= 4 is 23.5 Å². The second-order valence-electron chi connectivity index (χ2n) is 4.63. The molecule has 1 aromatic rings. The number of esters is 1. The van der Waals surface area contributed by atoms with E-state index in [2.05, 4.69) is 4.74 Å². The van der Waals surface area contributed by atoms with Gasteiger partial charge in [-0.15, -0.1) is 0 Å². The average molecular weight is 277 g/mol. The summed E-state index contributed by atoms with van der Waals surface area (Å²) in [6.07, 6.45) is 0.375. The van der Waals surface area contributed by atoms with Crippen LogP contribution in [-0.4, -0.2) is 36.6 Å². The van der Waals surface area contributed by atoms with E-state index in [-0.39, 0.29) is 12.3 Å². The SMILES string of the molecule is COC(=O)CC1Cc2ccccc2N(CC(=O)O)C1=O. The molecule has 0 aromatic heterocycles. The van der Waals surface area contributed by atoms with Gasteiger partial charge in [-0.1, -0.05) is 18.2 Å². The zero-order chi connectivity index (χ0) is 14.7. The van der Waals surface area contributed by atoms with Crippen molar-refractivity contribution in [1.29, 1.82) is 0 Å². The van der Waals surface area contributed by atoms with Gasteiger partial charge in [0.05, 0.1) is 19.4 Å². The number of methoxy groups -OCH3 is 1. The number of para-hydroxylation sites is 1. The summed E-state index contributed by atoms with van der Waals surface area (Å²) in [6, 6.07) is 7.12. The number of aliphatic carboxylic acids is 1. The number of carboxylic acids is 1. The second-order valence-corrected chi connectivity index (χ2v) is 4.63. The molecule has 0 saturated carbocycles. The van der Waals surface area contributed by atoms with Crippen molar-refractivity contribution in [3.63, 3.8) is 0 Å². The lowest BCUT2D eigenvalue weighted by Crippen LogP contribution is -2.44. The Labute approximate surface area is 115 Å². The van der Waals surface area contributed by atoms with Crippen LogP contribution in [0.3, 0.4) is 0 Å². The van der Waals surface area contributed by atoms with Crippen LogP contribution in [0.25, 0.3) is 0 Å². The molecule has 106 valence electrons. The number of hydrogen-bond donors (Lipinski definition) is 1. The minimum absolute atomic E-state index is 0.0419. The third kappa shape index (κ3) is 2.79. The van der Waals surface area contributed by atoms with Gasteiger partial charge in [-0.05, 0) is 18.1 Å². The van der Waals surface area contributed by atoms with E-state index in [0.29, 0.717) is 12.1 Å². The quantitative estimate of drug-likeness (QED) is 0.824. The Kier molecular flexibility index (Phi) is 4.02. The Morgan fingerprint density at radius 2 is 2.10 bits per heavy atom. The number of nitrogens with zero attached hydrogens (tertiary/aromatic N) is 1. The summed E-state index contributed by atoms with van der Waals surface area (Å²) < 4.78 is 4.58. The Morgan fingerprint density at radius 3 is 2.75 bits per heavy atom. The molecule has 1 aliphatic heterocycles. The van der Waals surface area contributed by atoms with E-state index in [0.717, 1.165) is 5.56 Å². The monoisotopic (exact) mass is 277 g/mol. The summed E-state index contributed by atoms with van der Waals surface area (Å²) in [5, 5.41) is 8.94. The Bertz CT molecular complexity index is 554. The number of amides is 1. The molecule has 1 N–H and O–H groups in total. The smallest absolute Gasteiger partial charge is 0.323 e. The Balaban J connectivity index is 2.32. The highest BCUT2D eigenvalue weighted by Crippen LogP contribution is 2.31. The minimum Gasteiger partial charge on any atom is -0.480 e. The number of benzene rings is 1. The lowest BCUT2D eigenvalue weighted by Gasteiger charge is -2.32. The molecular weight excluding hydrogens is 262 g/mol. The first-order valence-electron chi connectivity index (χ1n) is 6.20. The molecule has 0 saturated heterocycles. The summed E-state index contributed by atoms with van der Waals surface area (Å²) in [7, 11) is 1.26. The van der Waals surface area contributed by atoms with Gasteiger partial charge in [0.2, 0.25) is 5.91 Å². The third-order valence-electron chi connectivity index (χ3n) is 3.30. The fraction of sp³-hybridized carbons (Fsp3) is 0.357. The first kappa shape index (κ1) is 14.0. The number of rotatable bonds is 4. The van der Waals surface area contributed by atoms with Crippen molar-refractivity contribution in [3.05, 3.63) is 29.8 Å². The van der Waals surface area contributed by atoms with Gasteiger partial charge in [0.25, 0.3) is 0 Å². The molecule has 6 nitrogen and oxygen atoms in total. The van der Waals surface area contributed by atoms with Crippen LogP contribution in [0.4, 0.5) is 5.69 Å². The first-order chi connectivity index (χ1) is 9.52. The summed E-state index contributed by atoms with van der Waals surface area (Å²) in [6.45, 7) is -0.409. The molecule has 1 unspecified atom stereocenters. The third-order valence-corrected chi connectivity index (χ3v) is 3.30. The van der Waals surface area contributed by atoms with Crippen LogP contribution in [0, 0.1) is 5.92 Å². The van der Waals surface area contributed by atoms with Crippen LogP contribution in [0.5, 0.6) is 0 Å². The molecule has 0 radical (unpaired) electrons. The maximum Gasteiger partial charge on any atom is 0.323 e. The van der Waals surface area contributed by atoms with E-state index < -0.39 is 24.4 Å². The number of carbonyl (C=O) groups excluding carboxylic acids is 2. The predicted octanol–water partition coefficient (Wildman–Crippen LogP) is 0.840. The zero-order valence-corrected chi connectivity index (χ0v) is 11.0. The molecule has 1 heterocycles. The maximum absolute atomic E-state index is 12.3. The van der Waals surface area contributed by atoms with Crippen LogP contribution in [-0.2, 0) is 25.5 Å². The van der Waals surface area contributed by atoms with Gasteiger partial charge in [0.1, 0.15) is 6.54 Å². The van der Waals surface area contributed by atoms with Crippen molar-refractivity contribution in [2.75, 3.05) is 18.6 Å². The number of carboxylic acid groups (broad SMARTS) is 1. The average Bonchev–Trinajstić information content (AvgIpc) is 2.42. The molecule has 1 amide bonds. The van der Waals surface area contributed by atoms with Gasteiger partial charge in [-0.3, -0.25) is 14.4 Å². The van der Waals surface area contributed by atoms with Crippen LogP contribution in [0.2, 0.25) is 0 Å². The number of hydrogen-bond acceptors (Lipinski definition) is 4. The highest BCUT2D eigenvalue weighted by Gasteiger charge is 2.35. The Hall–Kier alpha value is -2.37. The van der Waals surface area contributed by atoms with E-state index >= 15 is 0 Å². The van der Waals surface area contributed by atoms with Crippen molar-refractivity contribution in [3.8, 4) is 0 Å². The van der Waals surface area contributed by atoms with Gasteiger partial charge in [0.15, 0.2) is 0 Å². The highest BCUT2D eigenvalue weighted by molar-refractivity contribution is 6.02. The molecule has 0 fully saturated rings. The van der Waals surface area contributed by atoms with E-state index in [1.165, 1.54) is 12.0 Å². The van der Waals surface area contributed by atoms with Crippen molar-refractivity contribution in [1.82, 2.24) is 0 Å². The summed E-state index contributed by atoms with van der Waals surface area (Å²) >= 11 is 0. The van der Waals surface area contributed by atoms with Crippen LogP contribution in [0.1, 0.15) is 12.0 Å². The van der Waals surface area contributed by atoms with Crippen LogP contribution in [0.15, 0.2) is 24.3 Å². The summed E-state index contributed by atoms with van der Waals surface area (Å²) in [5.41, 5.74) is 1.46. The minimum atomic E-state index is -1.09. The van der Waals surface area contributed by atoms with Crippen molar-refractivity contribution in [2.45, 2.75) is 12.8 Å². The molecule has 1 aliphatic rings. The molecule has 0 bridgehead atoms. The molecule has 20 heavy (non-hydrogen) atoms. The maximum atomic E-state index is 12.3. The molecular formula is C14H15NO5. The van der Waals surface area contributed by atoms with E-state index in [1.807, 2.05) is 12.1 Å².